The molecular weight excluding hydrogens is 318 g/mol. The second kappa shape index (κ2) is 7.62. The van der Waals surface area contributed by atoms with Crippen LogP contribution in [0, 0.1) is 0 Å². The van der Waals surface area contributed by atoms with Gasteiger partial charge in [0.2, 0.25) is 0 Å². The second-order valence-electron chi connectivity index (χ2n) is 5.02. The Hall–Kier alpha value is -1.84. The Morgan fingerprint density at radius 1 is 0.609 bits per heavy atom. The molecule has 23 heavy (non-hydrogen) atoms. The average Bonchev–Trinajstić information content (AvgIpc) is 2.63. The van der Waals surface area contributed by atoms with Crippen LogP contribution in [0.25, 0.3) is 0 Å². The van der Waals surface area contributed by atoms with E-state index in [2.05, 4.69) is 96.3 Å². The molecule has 0 saturated carbocycles. The van der Waals surface area contributed by atoms with E-state index in [1.165, 1.54) is 26.9 Å². The van der Waals surface area contributed by atoms with Crippen molar-refractivity contribution in [2.75, 3.05) is 17.4 Å². The summed E-state index contributed by atoms with van der Waals surface area (Å²) in [4.78, 5) is 4.95. The van der Waals surface area contributed by atoms with Gasteiger partial charge in [0.15, 0.2) is 0 Å². The summed E-state index contributed by atoms with van der Waals surface area (Å²) in [5, 5.41) is 0. The highest BCUT2D eigenvalue weighted by Gasteiger charge is 2.17. The molecule has 0 aromatic heterocycles. The van der Waals surface area contributed by atoms with Crippen LogP contribution in [0.4, 0.5) is 17.1 Å². The van der Waals surface area contributed by atoms with E-state index in [9.17, 15) is 0 Å². The second-order valence-corrected chi connectivity index (χ2v) is 6.68. The third-order valence-corrected chi connectivity index (χ3v) is 5.40. The van der Waals surface area contributed by atoms with Crippen LogP contribution in [0.3, 0.4) is 0 Å². The lowest BCUT2D eigenvalue weighted by Crippen LogP contribution is -2.11. The van der Waals surface area contributed by atoms with Crippen LogP contribution in [-0.4, -0.2) is 12.5 Å². The monoisotopic (exact) mass is 337 g/mol. The molecule has 3 rings (SSSR count). The molecular formula is C20H19NS2. The Morgan fingerprint density at radius 2 is 1.17 bits per heavy atom. The minimum absolute atomic E-state index is 1.17. The van der Waals surface area contributed by atoms with Crippen LogP contribution in [0.2, 0.25) is 0 Å². The van der Waals surface area contributed by atoms with Crippen molar-refractivity contribution in [3.8, 4) is 0 Å². The number of anilines is 3. The fourth-order valence-corrected chi connectivity index (χ4v) is 4.27. The van der Waals surface area contributed by atoms with Crippen molar-refractivity contribution < 1.29 is 0 Å². The highest BCUT2D eigenvalue weighted by molar-refractivity contribution is 8.01. The fraction of sp³-hybridized carbons (Fsp3) is 0.100. The molecule has 0 aliphatic carbocycles. The highest BCUT2D eigenvalue weighted by Crippen LogP contribution is 2.43. The molecule has 0 fully saturated rings. The Morgan fingerprint density at radius 3 is 1.65 bits per heavy atom. The van der Waals surface area contributed by atoms with Crippen LogP contribution >= 0.6 is 23.5 Å². The van der Waals surface area contributed by atoms with Crippen molar-refractivity contribution >= 4 is 40.6 Å². The van der Waals surface area contributed by atoms with Gasteiger partial charge in [0.05, 0.1) is 5.69 Å². The summed E-state index contributed by atoms with van der Waals surface area (Å²) in [7, 11) is 0. The summed E-state index contributed by atoms with van der Waals surface area (Å²) in [6, 6.07) is 27.6. The number of thioether (sulfide) groups is 2. The maximum atomic E-state index is 2.32. The van der Waals surface area contributed by atoms with Gasteiger partial charge in [-0.25, -0.2) is 0 Å². The number of hydrogen-bond acceptors (Lipinski definition) is 3. The topological polar surface area (TPSA) is 3.24 Å². The van der Waals surface area contributed by atoms with Gasteiger partial charge in [0.25, 0.3) is 0 Å². The first-order valence-electron chi connectivity index (χ1n) is 7.46. The van der Waals surface area contributed by atoms with E-state index in [-0.39, 0.29) is 0 Å². The number of rotatable bonds is 5. The van der Waals surface area contributed by atoms with E-state index >= 15 is 0 Å². The van der Waals surface area contributed by atoms with Crippen molar-refractivity contribution in [3.05, 3.63) is 78.9 Å². The van der Waals surface area contributed by atoms with E-state index in [1.54, 1.807) is 23.5 Å². The van der Waals surface area contributed by atoms with Crippen molar-refractivity contribution in [1.82, 2.24) is 0 Å². The molecule has 116 valence electrons. The molecule has 0 N–H and O–H groups in total. The first-order valence-corrected chi connectivity index (χ1v) is 9.91. The maximum absolute atomic E-state index is 2.32. The van der Waals surface area contributed by atoms with E-state index in [0.717, 1.165) is 0 Å². The Kier molecular flexibility index (Phi) is 5.31. The van der Waals surface area contributed by atoms with E-state index < -0.39 is 0 Å². The third kappa shape index (κ3) is 3.41. The number of hydrogen-bond donors (Lipinski definition) is 0. The molecule has 3 heteroatoms. The van der Waals surface area contributed by atoms with Gasteiger partial charge in [-0.2, -0.15) is 0 Å². The molecule has 0 unspecified atom stereocenters. The molecule has 0 atom stereocenters. The molecule has 0 heterocycles. The predicted molar refractivity (Wildman–Crippen MR) is 105 cm³/mol. The molecule has 0 saturated heterocycles. The van der Waals surface area contributed by atoms with Gasteiger partial charge >= 0.3 is 0 Å². The number of benzene rings is 3. The molecule has 0 aliphatic heterocycles. The minimum Gasteiger partial charge on any atom is -0.309 e. The molecule has 0 spiro atoms. The first-order chi connectivity index (χ1) is 11.3. The Balaban J connectivity index is 2.21. The summed E-state index contributed by atoms with van der Waals surface area (Å²) in [5.74, 6) is 0. The van der Waals surface area contributed by atoms with Crippen LogP contribution in [0.15, 0.2) is 88.7 Å². The Bertz CT molecular complexity index is 718. The smallest absolute Gasteiger partial charge is 0.0608 e. The quantitative estimate of drug-likeness (QED) is 0.483. The number of nitrogens with zero attached hydrogens (tertiary/aromatic N) is 1. The van der Waals surface area contributed by atoms with Gasteiger partial charge < -0.3 is 4.90 Å². The molecule has 0 radical (unpaired) electrons. The van der Waals surface area contributed by atoms with E-state index in [1.807, 2.05) is 0 Å². The zero-order chi connectivity index (χ0) is 16.1. The van der Waals surface area contributed by atoms with Gasteiger partial charge in [-0.15, -0.1) is 23.5 Å². The van der Waals surface area contributed by atoms with Gasteiger partial charge in [-0.1, -0.05) is 42.5 Å². The summed E-state index contributed by atoms with van der Waals surface area (Å²) in [5.41, 5.74) is 3.57. The lowest BCUT2D eigenvalue weighted by atomic mass is 10.2. The van der Waals surface area contributed by atoms with Crippen LogP contribution < -0.4 is 4.90 Å². The average molecular weight is 338 g/mol. The highest BCUT2D eigenvalue weighted by atomic mass is 32.2. The minimum atomic E-state index is 1.17. The summed E-state index contributed by atoms with van der Waals surface area (Å²) >= 11 is 3.60. The predicted octanol–water partition coefficient (Wildman–Crippen LogP) is 6.60. The van der Waals surface area contributed by atoms with Gasteiger partial charge in [-0.3, -0.25) is 0 Å². The van der Waals surface area contributed by atoms with Crippen molar-refractivity contribution in [2.45, 2.75) is 9.79 Å². The standard InChI is InChI=1S/C20H19NS2/c1-22-19-15-9-14-18(20(19)23-2)21(16-10-5-3-6-11-16)17-12-7-4-8-13-17/h3-15H,1-2H3. The lowest BCUT2D eigenvalue weighted by molar-refractivity contribution is 1.17. The van der Waals surface area contributed by atoms with Crippen LogP contribution in [-0.2, 0) is 0 Å². The molecule has 0 bridgehead atoms. The zero-order valence-corrected chi connectivity index (χ0v) is 14.9. The van der Waals surface area contributed by atoms with Crippen molar-refractivity contribution in [3.63, 3.8) is 0 Å². The molecule has 3 aromatic carbocycles. The molecule has 3 aromatic rings. The van der Waals surface area contributed by atoms with Gasteiger partial charge in [-0.05, 0) is 48.9 Å². The molecule has 0 amide bonds. The maximum Gasteiger partial charge on any atom is 0.0608 e. The molecule has 0 aliphatic rings. The summed E-state index contributed by atoms with van der Waals surface area (Å²) in [6.45, 7) is 0. The van der Waals surface area contributed by atoms with Crippen LogP contribution in [0.5, 0.6) is 0 Å². The van der Waals surface area contributed by atoms with Crippen molar-refractivity contribution in [2.24, 2.45) is 0 Å². The van der Waals surface area contributed by atoms with Crippen LogP contribution in [0.1, 0.15) is 0 Å². The van der Waals surface area contributed by atoms with E-state index in [4.69, 9.17) is 0 Å². The summed E-state index contributed by atoms with van der Waals surface area (Å²) < 4.78 is 0. The Labute approximate surface area is 146 Å². The molecule has 1 nitrogen and oxygen atoms in total. The fourth-order valence-electron chi connectivity index (χ4n) is 2.63. The number of para-hydroxylation sites is 2. The van der Waals surface area contributed by atoms with E-state index in [0.29, 0.717) is 0 Å². The summed E-state index contributed by atoms with van der Waals surface area (Å²) in [6.07, 6.45) is 4.28. The van der Waals surface area contributed by atoms with Gasteiger partial charge in [0, 0.05) is 21.2 Å². The lowest BCUT2D eigenvalue weighted by Gasteiger charge is -2.28. The normalized spacial score (nSPS) is 10.5. The first kappa shape index (κ1) is 16.0. The van der Waals surface area contributed by atoms with Gasteiger partial charge in [0.1, 0.15) is 0 Å². The third-order valence-electron chi connectivity index (χ3n) is 3.65. The largest absolute Gasteiger partial charge is 0.309 e. The SMILES string of the molecule is CSc1cccc(N(c2ccccc2)c2ccccc2)c1SC. The van der Waals surface area contributed by atoms with Crippen molar-refractivity contribution in [1.29, 1.82) is 0 Å². The zero-order valence-electron chi connectivity index (χ0n) is 13.3.